The van der Waals surface area contributed by atoms with Crippen LogP contribution >= 0.6 is 0 Å². The number of aldehydes is 1. The van der Waals surface area contributed by atoms with Gasteiger partial charge in [-0.1, -0.05) is 26.0 Å². The van der Waals surface area contributed by atoms with Gasteiger partial charge in [0.15, 0.2) is 0 Å². The van der Waals surface area contributed by atoms with Crippen LogP contribution in [0.4, 0.5) is 0 Å². The molecule has 0 aliphatic carbocycles. The highest BCUT2D eigenvalue weighted by Crippen LogP contribution is 2.05. The smallest absolute Gasteiger partial charge is 0.120 e. The van der Waals surface area contributed by atoms with Crippen LogP contribution in [-0.4, -0.2) is 6.29 Å². The number of hydrogen-bond acceptors (Lipinski definition) is 1. The maximum absolute atomic E-state index is 10.0. The van der Waals surface area contributed by atoms with E-state index in [2.05, 4.69) is 26.0 Å². The first-order chi connectivity index (χ1) is 4.81. The summed E-state index contributed by atoms with van der Waals surface area (Å²) in [6, 6.07) is 0. The molecule has 0 aromatic carbocycles. The Bertz CT molecular complexity index is 105. The minimum absolute atomic E-state index is 0.514. The Hall–Kier alpha value is -0.590. The van der Waals surface area contributed by atoms with Gasteiger partial charge in [-0.25, -0.2) is 0 Å². The van der Waals surface area contributed by atoms with E-state index in [9.17, 15) is 4.79 Å². The SMILES string of the molecule is CC/C=C/CC(C)CC=O. The summed E-state index contributed by atoms with van der Waals surface area (Å²) in [4.78, 5) is 10.0. The van der Waals surface area contributed by atoms with Crippen molar-refractivity contribution >= 4 is 6.29 Å². The lowest BCUT2D eigenvalue weighted by molar-refractivity contribution is -0.108. The van der Waals surface area contributed by atoms with Crippen LogP contribution in [0.2, 0.25) is 0 Å². The molecule has 0 spiro atoms. The second kappa shape index (κ2) is 6.53. The minimum Gasteiger partial charge on any atom is -0.303 e. The fourth-order valence-corrected chi connectivity index (χ4v) is 0.756. The Balaban J connectivity index is 3.28. The molecule has 0 aromatic heterocycles. The summed E-state index contributed by atoms with van der Waals surface area (Å²) in [7, 11) is 0. The van der Waals surface area contributed by atoms with Gasteiger partial charge < -0.3 is 4.79 Å². The molecule has 0 radical (unpaired) electrons. The van der Waals surface area contributed by atoms with Crippen molar-refractivity contribution in [3.8, 4) is 0 Å². The summed E-state index contributed by atoms with van der Waals surface area (Å²) >= 11 is 0. The van der Waals surface area contributed by atoms with Crippen LogP contribution in [0, 0.1) is 5.92 Å². The number of rotatable bonds is 5. The van der Waals surface area contributed by atoms with E-state index in [1.807, 2.05) is 0 Å². The Kier molecular flexibility index (Phi) is 6.14. The lowest BCUT2D eigenvalue weighted by Gasteiger charge is -2.00. The molecule has 0 aromatic rings. The molecule has 0 bridgehead atoms. The highest BCUT2D eigenvalue weighted by molar-refractivity contribution is 5.49. The third kappa shape index (κ3) is 5.54. The number of carbonyl (C=O) groups is 1. The van der Waals surface area contributed by atoms with E-state index >= 15 is 0 Å². The topological polar surface area (TPSA) is 17.1 Å². The van der Waals surface area contributed by atoms with Crippen molar-refractivity contribution < 1.29 is 4.79 Å². The molecule has 0 saturated carbocycles. The maximum atomic E-state index is 10.0. The van der Waals surface area contributed by atoms with Crippen molar-refractivity contribution in [3.05, 3.63) is 12.2 Å². The Morgan fingerprint density at radius 3 is 2.50 bits per heavy atom. The Labute approximate surface area is 63.1 Å². The summed E-state index contributed by atoms with van der Waals surface area (Å²) in [5.74, 6) is 0.514. The first kappa shape index (κ1) is 9.41. The van der Waals surface area contributed by atoms with Gasteiger partial charge in [-0.15, -0.1) is 0 Å². The number of hydrogen-bond donors (Lipinski definition) is 0. The second-order valence-electron chi connectivity index (χ2n) is 2.62. The van der Waals surface area contributed by atoms with Crippen LogP contribution in [0.25, 0.3) is 0 Å². The third-order valence-electron chi connectivity index (χ3n) is 1.44. The van der Waals surface area contributed by atoms with E-state index in [1.165, 1.54) is 0 Å². The van der Waals surface area contributed by atoms with E-state index in [4.69, 9.17) is 0 Å². The molecule has 0 aliphatic rings. The van der Waals surface area contributed by atoms with Crippen molar-refractivity contribution in [2.24, 2.45) is 5.92 Å². The summed E-state index contributed by atoms with van der Waals surface area (Å²) in [5.41, 5.74) is 0. The Morgan fingerprint density at radius 2 is 2.00 bits per heavy atom. The molecule has 0 fully saturated rings. The van der Waals surface area contributed by atoms with Crippen molar-refractivity contribution in [1.82, 2.24) is 0 Å². The van der Waals surface area contributed by atoms with E-state index in [0.29, 0.717) is 12.3 Å². The monoisotopic (exact) mass is 140 g/mol. The Morgan fingerprint density at radius 1 is 1.30 bits per heavy atom. The minimum atomic E-state index is 0.514. The standard InChI is InChI=1S/C9H16O/c1-3-4-5-6-9(2)7-8-10/h4-5,8-9H,3,6-7H2,1-2H3/b5-4+. The van der Waals surface area contributed by atoms with Gasteiger partial charge in [-0.3, -0.25) is 0 Å². The van der Waals surface area contributed by atoms with Gasteiger partial charge in [0.05, 0.1) is 0 Å². The molecule has 0 aliphatic heterocycles. The molecule has 1 atom stereocenters. The van der Waals surface area contributed by atoms with E-state index < -0.39 is 0 Å². The molecular weight excluding hydrogens is 124 g/mol. The number of allylic oxidation sites excluding steroid dienone is 2. The fourth-order valence-electron chi connectivity index (χ4n) is 0.756. The summed E-state index contributed by atoms with van der Waals surface area (Å²) in [6.45, 7) is 4.20. The average Bonchev–Trinajstić information content (AvgIpc) is 1.89. The van der Waals surface area contributed by atoms with Crippen LogP contribution in [0.5, 0.6) is 0 Å². The predicted octanol–water partition coefficient (Wildman–Crippen LogP) is 2.57. The normalized spacial score (nSPS) is 13.8. The highest BCUT2D eigenvalue weighted by atomic mass is 16.1. The van der Waals surface area contributed by atoms with Gasteiger partial charge in [0, 0.05) is 6.42 Å². The lowest BCUT2D eigenvalue weighted by Crippen LogP contribution is -1.92. The predicted molar refractivity (Wildman–Crippen MR) is 43.9 cm³/mol. The molecule has 10 heavy (non-hydrogen) atoms. The first-order valence-corrected chi connectivity index (χ1v) is 3.89. The summed E-state index contributed by atoms with van der Waals surface area (Å²) in [6.07, 6.45) is 8.09. The largest absolute Gasteiger partial charge is 0.303 e. The van der Waals surface area contributed by atoms with Gasteiger partial charge in [-0.05, 0) is 18.8 Å². The van der Waals surface area contributed by atoms with Crippen molar-refractivity contribution in [2.45, 2.75) is 33.1 Å². The van der Waals surface area contributed by atoms with Gasteiger partial charge in [-0.2, -0.15) is 0 Å². The molecule has 1 nitrogen and oxygen atoms in total. The van der Waals surface area contributed by atoms with Gasteiger partial charge in [0.1, 0.15) is 6.29 Å². The lowest BCUT2D eigenvalue weighted by atomic mass is 10.0. The highest BCUT2D eigenvalue weighted by Gasteiger charge is 1.95. The third-order valence-corrected chi connectivity index (χ3v) is 1.44. The van der Waals surface area contributed by atoms with Gasteiger partial charge in [0.25, 0.3) is 0 Å². The van der Waals surface area contributed by atoms with E-state index in [-0.39, 0.29) is 0 Å². The maximum Gasteiger partial charge on any atom is 0.120 e. The first-order valence-electron chi connectivity index (χ1n) is 3.89. The molecule has 0 amide bonds. The van der Waals surface area contributed by atoms with Crippen molar-refractivity contribution in [2.75, 3.05) is 0 Å². The zero-order chi connectivity index (χ0) is 7.82. The average molecular weight is 140 g/mol. The molecular formula is C9H16O. The van der Waals surface area contributed by atoms with Crippen LogP contribution < -0.4 is 0 Å². The molecule has 1 unspecified atom stereocenters. The van der Waals surface area contributed by atoms with Gasteiger partial charge in [0.2, 0.25) is 0 Å². The summed E-state index contributed by atoms with van der Waals surface area (Å²) < 4.78 is 0. The van der Waals surface area contributed by atoms with Crippen LogP contribution in [0.1, 0.15) is 33.1 Å². The van der Waals surface area contributed by atoms with E-state index in [1.54, 1.807) is 0 Å². The van der Waals surface area contributed by atoms with Crippen LogP contribution in [0.3, 0.4) is 0 Å². The molecule has 58 valence electrons. The van der Waals surface area contributed by atoms with Crippen molar-refractivity contribution in [3.63, 3.8) is 0 Å². The second-order valence-corrected chi connectivity index (χ2v) is 2.62. The fraction of sp³-hybridized carbons (Fsp3) is 0.667. The van der Waals surface area contributed by atoms with Crippen LogP contribution in [-0.2, 0) is 4.79 Å². The molecule has 0 heterocycles. The molecule has 0 N–H and O–H groups in total. The zero-order valence-electron chi connectivity index (χ0n) is 6.84. The number of carbonyl (C=O) groups excluding carboxylic acids is 1. The van der Waals surface area contributed by atoms with E-state index in [0.717, 1.165) is 19.1 Å². The molecule has 0 rings (SSSR count). The molecule has 1 heteroatoms. The zero-order valence-corrected chi connectivity index (χ0v) is 6.84. The quantitative estimate of drug-likeness (QED) is 0.423. The van der Waals surface area contributed by atoms with Crippen molar-refractivity contribution in [1.29, 1.82) is 0 Å². The van der Waals surface area contributed by atoms with Crippen LogP contribution in [0.15, 0.2) is 12.2 Å². The molecule has 0 saturated heterocycles. The summed E-state index contributed by atoms with van der Waals surface area (Å²) in [5, 5.41) is 0. The van der Waals surface area contributed by atoms with Gasteiger partial charge >= 0.3 is 0 Å².